The van der Waals surface area contributed by atoms with E-state index >= 15 is 0 Å². The Morgan fingerprint density at radius 2 is 1.74 bits per heavy atom. The summed E-state index contributed by atoms with van der Waals surface area (Å²) in [4.78, 5) is 21.5. The van der Waals surface area contributed by atoms with Gasteiger partial charge < -0.3 is 20.2 Å². The van der Waals surface area contributed by atoms with Crippen molar-refractivity contribution in [1.29, 1.82) is 5.26 Å². The first-order valence-corrected chi connectivity index (χ1v) is 11.6. The highest BCUT2D eigenvalue weighted by molar-refractivity contribution is 5.77. The highest BCUT2D eigenvalue weighted by Crippen LogP contribution is 2.33. The van der Waals surface area contributed by atoms with Gasteiger partial charge in [-0.1, -0.05) is 18.2 Å². The van der Waals surface area contributed by atoms with E-state index in [1.165, 1.54) is 5.06 Å². The fourth-order valence-corrected chi connectivity index (χ4v) is 3.75. The lowest BCUT2D eigenvalue weighted by atomic mass is 10.0. The third-order valence-electron chi connectivity index (χ3n) is 5.60. The van der Waals surface area contributed by atoms with Crippen LogP contribution in [0.25, 0.3) is 11.1 Å². The zero-order valence-corrected chi connectivity index (χ0v) is 19.8. The van der Waals surface area contributed by atoms with Gasteiger partial charge in [-0.2, -0.15) is 10.3 Å². The lowest BCUT2D eigenvalue weighted by Gasteiger charge is -2.22. The van der Waals surface area contributed by atoms with Crippen LogP contribution >= 0.6 is 0 Å². The third-order valence-corrected chi connectivity index (χ3v) is 5.60. The summed E-state index contributed by atoms with van der Waals surface area (Å²) in [6, 6.07) is 17.1. The number of nitrogens with two attached hydrogens (primary N) is 1. The van der Waals surface area contributed by atoms with Crippen molar-refractivity contribution in [2.75, 3.05) is 38.2 Å². The van der Waals surface area contributed by atoms with Crippen LogP contribution in [-0.2, 0) is 0 Å². The van der Waals surface area contributed by atoms with E-state index in [4.69, 9.17) is 15.3 Å². The van der Waals surface area contributed by atoms with E-state index in [9.17, 15) is 5.26 Å². The van der Waals surface area contributed by atoms with E-state index in [-0.39, 0.29) is 5.96 Å². The van der Waals surface area contributed by atoms with Gasteiger partial charge in [0.1, 0.15) is 0 Å². The van der Waals surface area contributed by atoms with Gasteiger partial charge in [0.2, 0.25) is 11.9 Å². The van der Waals surface area contributed by atoms with Crippen LogP contribution in [0.5, 0.6) is 11.5 Å². The fourth-order valence-electron chi connectivity index (χ4n) is 3.75. The summed E-state index contributed by atoms with van der Waals surface area (Å²) in [7, 11) is 1.72. The number of nitriles is 1. The zero-order valence-electron chi connectivity index (χ0n) is 19.8. The molecule has 0 aliphatic carbocycles. The fraction of sp³-hybridized carbons (Fsp3) is 0.308. The number of aliphatic imine (C=N–C) groups is 1. The third kappa shape index (κ3) is 6.38. The van der Waals surface area contributed by atoms with Gasteiger partial charge in [-0.3, -0.25) is 4.99 Å². The number of aromatic nitrogens is 2. The summed E-state index contributed by atoms with van der Waals surface area (Å²) < 4.78 is 6.12. The molecule has 0 saturated carbocycles. The number of hydrogen-bond donors (Lipinski definition) is 1. The summed E-state index contributed by atoms with van der Waals surface area (Å²) >= 11 is 0. The van der Waals surface area contributed by atoms with E-state index < -0.39 is 0 Å². The van der Waals surface area contributed by atoms with Crippen LogP contribution in [0.4, 0.5) is 5.95 Å². The Hall–Kier alpha value is -4.32. The van der Waals surface area contributed by atoms with Gasteiger partial charge in [0.25, 0.3) is 0 Å². The molecule has 1 aliphatic rings. The molecule has 0 atom stereocenters. The van der Waals surface area contributed by atoms with Crippen LogP contribution in [0, 0.1) is 11.3 Å². The van der Waals surface area contributed by atoms with Gasteiger partial charge in [0, 0.05) is 39.1 Å². The minimum Gasteiger partial charge on any atom is -0.489 e. The zero-order chi connectivity index (χ0) is 24.5. The second-order valence-electron chi connectivity index (χ2n) is 8.13. The number of guanidine groups is 1. The molecular weight excluding hydrogens is 442 g/mol. The smallest absolute Gasteiger partial charge is 0.225 e. The second-order valence-corrected chi connectivity index (χ2v) is 8.13. The maximum Gasteiger partial charge on any atom is 0.225 e. The van der Waals surface area contributed by atoms with E-state index in [1.54, 1.807) is 25.5 Å². The Kier molecular flexibility index (Phi) is 7.96. The average molecular weight is 472 g/mol. The Bertz CT molecular complexity index is 1190. The number of anilines is 1. The summed E-state index contributed by atoms with van der Waals surface area (Å²) in [5, 5.41) is 10.7. The molecule has 2 N–H and O–H groups in total. The molecular formula is C26H29N7O2. The average Bonchev–Trinajstić information content (AvgIpc) is 2.90. The van der Waals surface area contributed by atoms with Gasteiger partial charge in [0.05, 0.1) is 18.2 Å². The molecule has 0 saturated heterocycles. The maximum atomic E-state index is 9.26. The number of ether oxygens (including phenoxy) is 1. The molecule has 0 spiro atoms. The summed E-state index contributed by atoms with van der Waals surface area (Å²) in [5.41, 5.74) is 8.57. The molecule has 2 aromatic carbocycles. The standard InChI is InChI=1S/C26H29N7O2/c1-32-25(28)29-11-2-3-14-33(26-30-12-5-13-31-26)15-6-16-34-23-10-9-22(18-24(23)35-32)21-8-4-7-20(17-21)19-27/h4-5,7-10,12-13,17-18H,2-3,6,11,14-16H2,1H3,(H2,28,29). The summed E-state index contributed by atoms with van der Waals surface area (Å²) in [6.07, 6.45) is 6.12. The number of hydrogen-bond acceptors (Lipinski definition) is 9. The number of rotatable bonds is 2. The molecule has 4 rings (SSSR count). The van der Waals surface area contributed by atoms with Crippen LogP contribution in [0.2, 0.25) is 0 Å². The molecule has 3 aromatic rings. The Morgan fingerprint density at radius 1 is 0.943 bits per heavy atom. The van der Waals surface area contributed by atoms with Crippen molar-refractivity contribution in [2.45, 2.75) is 19.3 Å². The van der Waals surface area contributed by atoms with Crippen LogP contribution in [-0.4, -0.2) is 54.3 Å². The molecule has 1 aromatic heterocycles. The number of hydroxylamine groups is 2. The predicted octanol–water partition coefficient (Wildman–Crippen LogP) is 3.62. The minimum atomic E-state index is 0.283. The molecule has 9 nitrogen and oxygen atoms in total. The van der Waals surface area contributed by atoms with Crippen molar-refractivity contribution in [2.24, 2.45) is 10.7 Å². The molecule has 0 radical (unpaired) electrons. The van der Waals surface area contributed by atoms with Crippen molar-refractivity contribution in [3.63, 3.8) is 0 Å². The van der Waals surface area contributed by atoms with Crippen LogP contribution in [0.3, 0.4) is 0 Å². The monoisotopic (exact) mass is 471 g/mol. The number of nitrogens with zero attached hydrogens (tertiary/aromatic N) is 6. The van der Waals surface area contributed by atoms with E-state index in [0.29, 0.717) is 36.2 Å². The molecule has 1 aliphatic heterocycles. The normalized spacial score (nSPS) is 15.4. The second kappa shape index (κ2) is 11.7. The predicted molar refractivity (Wildman–Crippen MR) is 135 cm³/mol. The van der Waals surface area contributed by atoms with Crippen LogP contribution in [0.1, 0.15) is 24.8 Å². The van der Waals surface area contributed by atoms with Gasteiger partial charge >= 0.3 is 0 Å². The van der Waals surface area contributed by atoms with Crippen LogP contribution < -0.4 is 20.2 Å². The molecule has 0 unspecified atom stereocenters. The van der Waals surface area contributed by atoms with Crippen molar-refractivity contribution in [1.82, 2.24) is 15.0 Å². The molecule has 180 valence electrons. The molecule has 0 amide bonds. The van der Waals surface area contributed by atoms with Gasteiger partial charge in [-0.25, -0.2) is 9.97 Å². The topological polar surface area (TPSA) is 113 Å². The molecule has 0 bridgehead atoms. The SMILES string of the molecule is CN1Oc2cc(-c3cccc(C#N)c3)ccc2OCCCN(c2ncccn2)CCCCN=C1N. The molecule has 2 heterocycles. The molecule has 35 heavy (non-hydrogen) atoms. The first-order chi connectivity index (χ1) is 17.1. The van der Waals surface area contributed by atoms with Crippen molar-refractivity contribution < 1.29 is 9.57 Å². The Morgan fingerprint density at radius 3 is 2.57 bits per heavy atom. The van der Waals surface area contributed by atoms with E-state index in [2.05, 4.69) is 25.9 Å². The highest BCUT2D eigenvalue weighted by Gasteiger charge is 2.15. The molecule has 0 fully saturated rings. The Balaban J connectivity index is 1.58. The van der Waals surface area contributed by atoms with E-state index in [1.807, 2.05) is 42.5 Å². The number of benzene rings is 2. The van der Waals surface area contributed by atoms with Crippen molar-refractivity contribution in [3.05, 3.63) is 66.5 Å². The number of fused-ring (bicyclic) bond motifs is 1. The first kappa shape index (κ1) is 23.8. The summed E-state index contributed by atoms with van der Waals surface area (Å²) in [5.74, 6) is 2.12. The van der Waals surface area contributed by atoms with Crippen molar-refractivity contribution >= 4 is 11.9 Å². The van der Waals surface area contributed by atoms with Crippen LogP contribution in [0.15, 0.2) is 65.9 Å². The van der Waals surface area contributed by atoms with Crippen molar-refractivity contribution in [3.8, 4) is 28.7 Å². The van der Waals surface area contributed by atoms with Gasteiger partial charge in [0.15, 0.2) is 11.5 Å². The highest BCUT2D eigenvalue weighted by atomic mass is 16.7. The van der Waals surface area contributed by atoms with E-state index in [0.717, 1.165) is 43.5 Å². The lowest BCUT2D eigenvalue weighted by Crippen LogP contribution is -2.37. The van der Waals surface area contributed by atoms with Gasteiger partial charge in [-0.05, 0) is 60.7 Å². The first-order valence-electron chi connectivity index (χ1n) is 11.6. The Labute approximate surface area is 205 Å². The summed E-state index contributed by atoms with van der Waals surface area (Å²) in [6.45, 7) is 2.68. The largest absolute Gasteiger partial charge is 0.489 e. The van der Waals surface area contributed by atoms with Gasteiger partial charge in [-0.15, -0.1) is 0 Å². The quantitative estimate of drug-likeness (QED) is 0.603. The maximum absolute atomic E-state index is 9.26. The molecule has 9 heteroatoms. The minimum absolute atomic E-state index is 0.283. The lowest BCUT2D eigenvalue weighted by molar-refractivity contribution is 0.0414.